The van der Waals surface area contributed by atoms with E-state index in [2.05, 4.69) is 29.3 Å². The molecule has 0 aromatic heterocycles. The molecule has 25 heavy (non-hydrogen) atoms. The van der Waals surface area contributed by atoms with Gasteiger partial charge in [-0.05, 0) is 67.6 Å². The van der Waals surface area contributed by atoms with Gasteiger partial charge in [-0.3, -0.25) is 4.79 Å². The molecule has 0 saturated carbocycles. The van der Waals surface area contributed by atoms with Crippen LogP contribution < -0.4 is 10.2 Å². The molecule has 2 aromatic rings. The van der Waals surface area contributed by atoms with Gasteiger partial charge in [0, 0.05) is 24.0 Å². The number of halogens is 1. The summed E-state index contributed by atoms with van der Waals surface area (Å²) in [5.41, 5.74) is 2.82. The number of piperidine rings is 1. The summed E-state index contributed by atoms with van der Waals surface area (Å²) < 4.78 is 12.9. The van der Waals surface area contributed by atoms with E-state index in [4.69, 9.17) is 0 Å². The van der Waals surface area contributed by atoms with Crippen LogP contribution in [0.4, 0.5) is 15.8 Å². The average molecular weight is 340 g/mol. The number of carbonyl (C=O) groups is 1. The summed E-state index contributed by atoms with van der Waals surface area (Å²) in [5.74, 6) is -0.383. The zero-order valence-corrected chi connectivity index (χ0v) is 14.7. The van der Waals surface area contributed by atoms with Crippen molar-refractivity contribution < 1.29 is 9.18 Å². The second kappa shape index (κ2) is 8.15. The summed E-state index contributed by atoms with van der Waals surface area (Å²) in [6.45, 7) is 3.35. The molecule has 4 heteroatoms. The van der Waals surface area contributed by atoms with Gasteiger partial charge in [0.25, 0.3) is 0 Å². The lowest BCUT2D eigenvalue weighted by Crippen LogP contribution is -2.39. The predicted octanol–water partition coefficient (Wildman–Crippen LogP) is 4.78. The van der Waals surface area contributed by atoms with Crippen molar-refractivity contribution in [2.45, 2.75) is 45.1 Å². The molecule has 3 rings (SSSR count). The molecule has 1 aliphatic rings. The number of hydrogen-bond donors (Lipinski definition) is 1. The Balaban J connectivity index is 1.60. The van der Waals surface area contributed by atoms with Gasteiger partial charge in [-0.1, -0.05) is 19.1 Å². The van der Waals surface area contributed by atoms with Crippen molar-refractivity contribution in [3.05, 3.63) is 59.9 Å². The summed E-state index contributed by atoms with van der Waals surface area (Å²) in [7, 11) is 0. The first-order chi connectivity index (χ1) is 12.2. The Labute approximate surface area is 148 Å². The van der Waals surface area contributed by atoms with Crippen LogP contribution in [0, 0.1) is 5.82 Å². The number of anilines is 2. The zero-order chi connectivity index (χ0) is 17.6. The van der Waals surface area contributed by atoms with E-state index in [1.807, 2.05) is 12.1 Å². The van der Waals surface area contributed by atoms with E-state index in [-0.39, 0.29) is 18.1 Å². The van der Waals surface area contributed by atoms with Crippen LogP contribution in [0.3, 0.4) is 0 Å². The molecule has 1 N–H and O–H groups in total. The predicted molar refractivity (Wildman–Crippen MR) is 100 cm³/mol. The van der Waals surface area contributed by atoms with E-state index in [9.17, 15) is 9.18 Å². The van der Waals surface area contributed by atoms with Crippen molar-refractivity contribution >= 4 is 17.3 Å². The maximum Gasteiger partial charge on any atom is 0.228 e. The second-order valence-corrected chi connectivity index (χ2v) is 6.65. The number of benzene rings is 2. The molecule has 132 valence electrons. The van der Waals surface area contributed by atoms with Crippen molar-refractivity contribution in [3.8, 4) is 0 Å². The highest BCUT2D eigenvalue weighted by Crippen LogP contribution is 2.27. The molecule has 0 radical (unpaired) electrons. The third-order valence-electron chi connectivity index (χ3n) is 4.86. The molecule has 1 aliphatic heterocycles. The minimum Gasteiger partial charge on any atom is -0.369 e. The lowest BCUT2D eigenvalue weighted by Gasteiger charge is -2.37. The molecule has 3 nitrogen and oxygen atoms in total. The second-order valence-electron chi connectivity index (χ2n) is 6.65. The molecule has 1 amide bonds. The summed E-state index contributed by atoms with van der Waals surface area (Å²) in [6, 6.07) is 14.7. The van der Waals surface area contributed by atoms with E-state index in [1.165, 1.54) is 37.1 Å². The molecule has 1 saturated heterocycles. The van der Waals surface area contributed by atoms with E-state index >= 15 is 0 Å². The number of carbonyl (C=O) groups excluding carboxylic acids is 1. The van der Waals surface area contributed by atoms with Gasteiger partial charge in [0.1, 0.15) is 5.82 Å². The van der Waals surface area contributed by atoms with Crippen LogP contribution in [0.5, 0.6) is 0 Å². The van der Waals surface area contributed by atoms with E-state index in [0.717, 1.165) is 24.2 Å². The van der Waals surface area contributed by atoms with Gasteiger partial charge in [0.15, 0.2) is 0 Å². The molecule has 2 aromatic carbocycles. The molecule has 1 heterocycles. The number of hydrogen-bond acceptors (Lipinski definition) is 2. The number of nitrogens with zero attached hydrogens (tertiary/aromatic N) is 1. The van der Waals surface area contributed by atoms with Gasteiger partial charge in [-0.2, -0.15) is 0 Å². The maximum atomic E-state index is 12.9. The SMILES string of the molecule is CCC1CCCCN1c1ccc(NC(=O)Cc2ccc(F)cc2)cc1. The smallest absolute Gasteiger partial charge is 0.228 e. The molecule has 0 spiro atoms. The summed E-state index contributed by atoms with van der Waals surface area (Å²) in [5, 5.41) is 2.91. The number of amides is 1. The van der Waals surface area contributed by atoms with Crippen LogP contribution in [-0.4, -0.2) is 18.5 Å². The third-order valence-corrected chi connectivity index (χ3v) is 4.86. The highest BCUT2D eigenvalue weighted by Gasteiger charge is 2.20. The monoisotopic (exact) mass is 340 g/mol. The minimum absolute atomic E-state index is 0.0937. The molecule has 0 bridgehead atoms. The van der Waals surface area contributed by atoms with Gasteiger partial charge < -0.3 is 10.2 Å². The Morgan fingerprint density at radius 1 is 1.12 bits per heavy atom. The fourth-order valence-corrected chi connectivity index (χ4v) is 3.49. The average Bonchev–Trinajstić information content (AvgIpc) is 2.64. The third kappa shape index (κ3) is 4.59. The Hall–Kier alpha value is -2.36. The molecular formula is C21H25FN2O. The Kier molecular flexibility index (Phi) is 5.69. The lowest BCUT2D eigenvalue weighted by molar-refractivity contribution is -0.115. The van der Waals surface area contributed by atoms with Crippen molar-refractivity contribution in [2.24, 2.45) is 0 Å². The topological polar surface area (TPSA) is 32.3 Å². The van der Waals surface area contributed by atoms with Gasteiger partial charge in [0.05, 0.1) is 6.42 Å². The van der Waals surface area contributed by atoms with E-state index in [0.29, 0.717) is 6.04 Å². The standard InChI is InChI=1S/C21H25FN2O/c1-2-19-5-3-4-14-24(19)20-12-10-18(11-13-20)23-21(25)15-16-6-8-17(22)9-7-16/h6-13,19H,2-5,14-15H2,1H3,(H,23,25). The normalized spacial score (nSPS) is 17.4. The van der Waals surface area contributed by atoms with Gasteiger partial charge in [-0.25, -0.2) is 4.39 Å². The highest BCUT2D eigenvalue weighted by molar-refractivity contribution is 5.92. The molecular weight excluding hydrogens is 315 g/mol. The first-order valence-electron chi connectivity index (χ1n) is 9.06. The fraction of sp³-hybridized carbons (Fsp3) is 0.381. The van der Waals surface area contributed by atoms with Crippen LogP contribution in [0.2, 0.25) is 0 Å². The van der Waals surface area contributed by atoms with Crippen molar-refractivity contribution in [3.63, 3.8) is 0 Å². The summed E-state index contributed by atoms with van der Waals surface area (Å²) in [4.78, 5) is 14.6. The van der Waals surface area contributed by atoms with E-state index < -0.39 is 0 Å². The quantitative estimate of drug-likeness (QED) is 0.850. The van der Waals surface area contributed by atoms with Crippen LogP contribution in [0.1, 0.15) is 38.2 Å². The van der Waals surface area contributed by atoms with Crippen LogP contribution >= 0.6 is 0 Å². The van der Waals surface area contributed by atoms with Crippen molar-refractivity contribution in [1.82, 2.24) is 0 Å². The van der Waals surface area contributed by atoms with Crippen molar-refractivity contribution in [1.29, 1.82) is 0 Å². The van der Waals surface area contributed by atoms with Gasteiger partial charge in [-0.15, -0.1) is 0 Å². The van der Waals surface area contributed by atoms with Crippen LogP contribution in [-0.2, 0) is 11.2 Å². The first kappa shape index (κ1) is 17.5. The fourth-order valence-electron chi connectivity index (χ4n) is 3.49. The Morgan fingerprint density at radius 3 is 2.52 bits per heavy atom. The molecule has 1 atom stereocenters. The zero-order valence-electron chi connectivity index (χ0n) is 14.7. The number of nitrogens with one attached hydrogen (secondary N) is 1. The van der Waals surface area contributed by atoms with Crippen LogP contribution in [0.15, 0.2) is 48.5 Å². The molecule has 1 fully saturated rings. The lowest BCUT2D eigenvalue weighted by atomic mass is 9.99. The maximum absolute atomic E-state index is 12.9. The summed E-state index contributed by atoms with van der Waals surface area (Å²) >= 11 is 0. The van der Waals surface area contributed by atoms with Crippen LogP contribution in [0.25, 0.3) is 0 Å². The van der Waals surface area contributed by atoms with Gasteiger partial charge in [0.2, 0.25) is 5.91 Å². The largest absolute Gasteiger partial charge is 0.369 e. The number of rotatable bonds is 5. The van der Waals surface area contributed by atoms with Gasteiger partial charge >= 0.3 is 0 Å². The molecule has 0 aliphatic carbocycles. The Bertz CT molecular complexity index is 697. The molecule has 1 unspecified atom stereocenters. The summed E-state index contributed by atoms with van der Waals surface area (Å²) in [6.07, 6.45) is 5.22. The Morgan fingerprint density at radius 2 is 1.84 bits per heavy atom. The van der Waals surface area contributed by atoms with Crippen molar-refractivity contribution in [2.75, 3.05) is 16.8 Å². The highest BCUT2D eigenvalue weighted by atomic mass is 19.1. The van der Waals surface area contributed by atoms with E-state index in [1.54, 1.807) is 12.1 Å². The minimum atomic E-state index is -0.289. The first-order valence-corrected chi connectivity index (χ1v) is 9.06.